The monoisotopic (exact) mass is 351 g/mol. The van der Waals surface area contributed by atoms with Gasteiger partial charge in [0.15, 0.2) is 0 Å². The van der Waals surface area contributed by atoms with E-state index in [9.17, 15) is 9.59 Å². The van der Waals surface area contributed by atoms with E-state index in [1.165, 1.54) is 11.9 Å². The predicted molar refractivity (Wildman–Crippen MR) is 98.3 cm³/mol. The van der Waals surface area contributed by atoms with Crippen LogP contribution in [0.25, 0.3) is 0 Å². The summed E-state index contributed by atoms with van der Waals surface area (Å²) in [6.07, 6.45) is 2.31. The van der Waals surface area contributed by atoms with Crippen LogP contribution in [0.15, 0.2) is 36.7 Å². The Morgan fingerprint density at radius 2 is 1.77 bits per heavy atom. The SMILES string of the molecule is CC(=O)N1CCN(c2cc(C(=O)N3CCc4ccccc43)ncn2)CC1. The van der Waals surface area contributed by atoms with E-state index in [4.69, 9.17) is 0 Å². The Labute approximate surface area is 152 Å². The van der Waals surface area contributed by atoms with Gasteiger partial charge in [0.25, 0.3) is 5.91 Å². The summed E-state index contributed by atoms with van der Waals surface area (Å²) in [5, 5.41) is 0. The molecule has 2 aliphatic rings. The van der Waals surface area contributed by atoms with Gasteiger partial charge >= 0.3 is 0 Å². The van der Waals surface area contributed by atoms with E-state index in [2.05, 4.69) is 20.9 Å². The molecule has 0 bridgehead atoms. The first-order valence-electron chi connectivity index (χ1n) is 8.86. The third-order valence-corrected chi connectivity index (χ3v) is 5.05. The fraction of sp³-hybridized carbons (Fsp3) is 0.368. The lowest BCUT2D eigenvalue weighted by molar-refractivity contribution is -0.129. The van der Waals surface area contributed by atoms with E-state index in [1.54, 1.807) is 17.9 Å². The summed E-state index contributed by atoms with van der Waals surface area (Å²) in [4.78, 5) is 38.6. The number of rotatable bonds is 2. The van der Waals surface area contributed by atoms with E-state index in [0.717, 1.165) is 17.9 Å². The van der Waals surface area contributed by atoms with Gasteiger partial charge in [0, 0.05) is 51.4 Å². The highest BCUT2D eigenvalue weighted by Gasteiger charge is 2.27. The fourth-order valence-corrected chi connectivity index (χ4v) is 3.57. The zero-order valence-corrected chi connectivity index (χ0v) is 14.8. The van der Waals surface area contributed by atoms with Crippen molar-refractivity contribution in [1.29, 1.82) is 0 Å². The number of para-hydroxylation sites is 1. The van der Waals surface area contributed by atoms with Crippen molar-refractivity contribution in [3.63, 3.8) is 0 Å². The number of fused-ring (bicyclic) bond motifs is 1. The van der Waals surface area contributed by atoms with Crippen molar-refractivity contribution in [2.45, 2.75) is 13.3 Å². The molecular formula is C19H21N5O2. The number of hydrogen-bond acceptors (Lipinski definition) is 5. The molecule has 2 aromatic rings. The maximum absolute atomic E-state index is 13.0. The molecule has 26 heavy (non-hydrogen) atoms. The Bertz CT molecular complexity index is 845. The molecule has 2 aliphatic heterocycles. The zero-order chi connectivity index (χ0) is 18.1. The summed E-state index contributed by atoms with van der Waals surface area (Å²) in [7, 11) is 0. The van der Waals surface area contributed by atoms with Crippen LogP contribution in [0.5, 0.6) is 0 Å². The maximum Gasteiger partial charge on any atom is 0.277 e. The number of benzene rings is 1. The lowest BCUT2D eigenvalue weighted by atomic mass is 10.2. The summed E-state index contributed by atoms with van der Waals surface area (Å²) in [6, 6.07) is 9.74. The van der Waals surface area contributed by atoms with Crippen molar-refractivity contribution in [1.82, 2.24) is 14.9 Å². The van der Waals surface area contributed by atoms with Crippen LogP contribution in [0.1, 0.15) is 23.0 Å². The number of hydrogen-bond donors (Lipinski definition) is 0. The zero-order valence-electron chi connectivity index (χ0n) is 14.8. The average Bonchev–Trinajstić information content (AvgIpc) is 3.12. The molecule has 0 saturated carbocycles. The molecule has 7 nitrogen and oxygen atoms in total. The molecule has 1 fully saturated rings. The van der Waals surface area contributed by atoms with Gasteiger partial charge in [-0.05, 0) is 18.1 Å². The Morgan fingerprint density at radius 1 is 1.00 bits per heavy atom. The number of carbonyl (C=O) groups is 2. The largest absolute Gasteiger partial charge is 0.353 e. The van der Waals surface area contributed by atoms with Crippen molar-refractivity contribution < 1.29 is 9.59 Å². The highest BCUT2D eigenvalue weighted by Crippen LogP contribution is 2.28. The van der Waals surface area contributed by atoms with E-state index < -0.39 is 0 Å². The van der Waals surface area contributed by atoms with Crippen LogP contribution in [0.3, 0.4) is 0 Å². The van der Waals surface area contributed by atoms with Gasteiger partial charge in [0.05, 0.1) is 0 Å². The van der Waals surface area contributed by atoms with Crippen LogP contribution in [0.4, 0.5) is 11.5 Å². The highest BCUT2D eigenvalue weighted by molar-refractivity contribution is 6.06. The molecule has 134 valence electrons. The molecule has 7 heteroatoms. The van der Waals surface area contributed by atoms with Crippen molar-refractivity contribution >= 4 is 23.3 Å². The van der Waals surface area contributed by atoms with Gasteiger partial charge in [-0.1, -0.05) is 18.2 Å². The van der Waals surface area contributed by atoms with Crippen LogP contribution < -0.4 is 9.80 Å². The average molecular weight is 351 g/mol. The second kappa shape index (κ2) is 6.74. The summed E-state index contributed by atoms with van der Waals surface area (Å²) in [5.74, 6) is 0.732. The van der Waals surface area contributed by atoms with Crippen LogP contribution in [0.2, 0.25) is 0 Å². The molecule has 0 aliphatic carbocycles. The quantitative estimate of drug-likeness (QED) is 0.817. The number of piperazine rings is 1. The first-order chi connectivity index (χ1) is 12.6. The number of carbonyl (C=O) groups excluding carboxylic acids is 2. The summed E-state index contributed by atoms with van der Waals surface area (Å²) in [5.41, 5.74) is 2.56. The second-order valence-electron chi connectivity index (χ2n) is 6.59. The standard InChI is InChI=1S/C19H21N5O2/c1-14(25)22-8-10-23(11-9-22)18-12-16(20-13-21-18)19(26)24-7-6-15-4-2-3-5-17(15)24/h2-5,12-13H,6-11H2,1H3. The molecule has 0 atom stereocenters. The first-order valence-corrected chi connectivity index (χ1v) is 8.86. The number of anilines is 2. The Hall–Kier alpha value is -2.96. The van der Waals surface area contributed by atoms with Crippen molar-refractivity contribution in [2.24, 2.45) is 0 Å². The number of amides is 2. The summed E-state index contributed by atoms with van der Waals surface area (Å²) < 4.78 is 0. The molecule has 0 N–H and O–H groups in total. The Kier molecular flexibility index (Phi) is 4.28. The molecule has 0 unspecified atom stereocenters. The van der Waals surface area contributed by atoms with Gasteiger partial charge < -0.3 is 14.7 Å². The third kappa shape index (κ3) is 3.00. The minimum atomic E-state index is -0.0963. The molecular weight excluding hydrogens is 330 g/mol. The van der Waals surface area contributed by atoms with Crippen LogP contribution in [0, 0.1) is 0 Å². The smallest absolute Gasteiger partial charge is 0.277 e. The van der Waals surface area contributed by atoms with Gasteiger partial charge in [0.1, 0.15) is 17.8 Å². The number of nitrogens with zero attached hydrogens (tertiary/aromatic N) is 5. The predicted octanol–water partition coefficient (Wildman–Crippen LogP) is 1.35. The molecule has 1 aromatic carbocycles. The van der Waals surface area contributed by atoms with E-state index in [-0.39, 0.29) is 11.8 Å². The number of aromatic nitrogens is 2. The van der Waals surface area contributed by atoms with Gasteiger partial charge in [-0.3, -0.25) is 9.59 Å². The van der Waals surface area contributed by atoms with Gasteiger partial charge in [-0.15, -0.1) is 0 Å². The lowest BCUT2D eigenvalue weighted by Gasteiger charge is -2.34. The van der Waals surface area contributed by atoms with Gasteiger partial charge in [-0.2, -0.15) is 0 Å². The normalized spacial score (nSPS) is 16.6. The second-order valence-corrected chi connectivity index (χ2v) is 6.59. The molecule has 1 aromatic heterocycles. The molecule has 4 rings (SSSR count). The Morgan fingerprint density at radius 3 is 2.54 bits per heavy atom. The van der Waals surface area contributed by atoms with Crippen LogP contribution in [-0.4, -0.2) is 59.4 Å². The van der Waals surface area contributed by atoms with Crippen molar-refractivity contribution in [3.05, 3.63) is 47.9 Å². The van der Waals surface area contributed by atoms with E-state index in [1.807, 2.05) is 23.1 Å². The van der Waals surface area contributed by atoms with Gasteiger partial charge in [0.2, 0.25) is 5.91 Å². The van der Waals surface area contributed by atoms with E-state index >= 15 is 0 Å². The molecule has 2 amide bonds. The molecule has 3 heterocycles. The third-order valence-electron chi connectivity index (χ3n) is 5.05. The molecule has 1 saturated heterocycles. The maximum atomic E-state index is 13.0. The van der Waals surface area contributed by atoms with Crippen LogP contribution in [-0.2, 0) is 11.2 Å². The summed E-state index contributed by atoms with van der Waals surface area (Å²) >= 11 is 0. The van der Waals surface area contributed by atoms with Gasteiger partial charge in [-0.25, -0.2) is 9.97 Å². The lowest BCUT2D eigenvalue weighted by Crippen LogP contribution is -2.48. The van der Waals surface area contributed by atoms with Crippen LogP contribution >= 0.6 is 0 Å². The van der Waals surface area contributed by atoms with Crippen molar-refractivity contribution in [2.75, 3.05) is 42.5 Å². The Balaban J connectivity index is 1.52. The minimum Gasteiger partial charge on any atom is -0.353 e. The van der Waals surface area contributed by atoms with Crippen molar-refractivity contribution in [3.8, 4) is 0 Å². The summed E-state index contributed by atoms with van der Waals surface area (Å²) in [6.45, 7) is 5.01. The first kappa shape index (κ1) is 16.5. The molecule has 0 radical (unpaired) electrons. The highest BCUT2D eigenvalue weighted by atomic mass is 16.2. The fourth-order valence-electron chi connectivity index (χ4n) is 3.57. The topological polar surface area (TPSA) is 69.6 Å². The molecule has 0 spiro atoms. The van der Waals surface area contributed by atoms with E-state index in [0.29, 0.717) is 38.4 Å². The minimum absolute atomic E-state index is 0.0934.